The third-order valence-electron chi connectivity index (χ3n) is 5.98. The van der Waals surface area contributed by atoms with Gasteiger partial charge < -0.3 is 9.88 Å². The second-order valence-electron chi connectivity index (χ2n) is 8.08. The van der Waals surface area contributed by atoms with Crippen LogP contribution >= 0.6 is 0 Å². The van der Waals surface area contributed by atoms with Crippen LogP contribution in [0.3, 0.4) is 0 Å². The third-order valence-corrected chi connectivity index (χ3v) is 5.98. The summed E-state index contributed by atoms with van der Waals surface area (Å²) in [6, 6.07) is 34.3. The molecule has 1 unspecified atom stereocenters. The average molecular weight is 406 g/mol. The number of fused-ring (bicyclic) bond motifs is 3. The molecular formula is C28H27N3. The standard InChI is InChI=1S/C28H27N3/c1-20-11-10-12-21(2)27(20)30-28(29-19-22-13-4-3-5-14-22)31-25-17-8-6-15-23(25)24-16-7-9-18-26(24)31/h3-18,28-30H,19H2,1-2H3. The Bertz CT molecular complexity index is 1260. The number of nitrogens with zero attached hydrogens (tertiary/aromatic N) is 1. The van der Waals surface area contributed by atoms with Crippen molar-refractivity contribution >= 4 is 27.5 Å². The molecule has 3 nitrogen and oxygen atoms in total. The van der Waals surface area contributed by atoms with Gasteiger partial charge in [0.05, 0.1) is 11.0 Å². The molecule has 154 valence electrons. The first-order valence-corrected chi connectivity index (χ1v) is 10.8. The van der Waals surface area contributed by atoms with Gasteiger partial charge in [-0.15, -0.1) is 0 Å². The zero-order valence-corrected chi connectivity index (χ0v) is 18.0. The van der Waals surface area contributed by atoms with Crippen molar-refractivity contribution in [1.82, 2.24) is 9.88 Å². The van der Waals surface area contributed by atoms with E-state index in [2.05, 4.69) is 126 Å². The van der Waals surface area contributed by atoms with Gasteiger partial charge >= 0.3 is 0 Å². The Morgan fingerprint density at radius 3 is 1.81 bits per heavy atom. The Labute approximate surface area is 183 Å². The minimum Gasteiger partial charge on any atom is -0.352 e. The van der Waals surface area contributed by atoms with Crippen LogP contribution in [0.1, 0.15) is 23.0 Å². The molecule has 0 bridgehead atoms. The molecule has 0 saturated heterocycles. The lowest BCUT2D eigenvalue weighted by Gasteiger charge is -2.27. The fraction of sp³-hybridized carbons (Fsp3) is 0.143. The lowest BCUT2D eigenvalue weighted by Crippen LogP contribution is -2.33. The van der Waals surface area contributed by atoms with Crippen LogP contribution in [0.25, 0.3) is 21.8 Å². The topological polar surface area (TPSA) is 29.0 Å². The zero-order chi connectivity index (χ0) is 21.2. The van der Waals surface area contributed by atoms with Gasteiger partial charge in [-0.25, -0.2) is 0 Å². The highest BCUT2D eigenvalue weighted by molar-refractivity contribution is 6.08. The van der Waals surface area contributed by atoms with Gasteiger partial charge in [0.1, 0.15) is 0 Å². The van der Waals surface area contributed by atoms with E-state index in [1.54, 1.807) is 0 Å². The Balaban J connectivity index is 1.64. The molecule has 31 heavy (non-hydrogen) atoms. The Hall–Kier alpha value is -3.56. The molecule has 5 rings (SSSR count). The van der Waals surface area contributed by atoms with Crippen molar-refractivity contribution in [1.29, 1.82) is 0 Å². The van der Waals surface area contributed by atoms with Crippen molar-refractivity contribution < 1.29 is 0 Å². The molecule has 5 aromatic rings. The first kappa shape index (κ1) is 19.4. The van der Waals surface area contributed by atoms with Gasteiger partial charge in [-0.1, -0.05) is 84.9 Å². The summed E-state index contributed by atoms with van der Waals surface area (Å²) in [4.78, 5) is 0. The summed E-state index contributed by atoms with van der Waals surface area (Å²) in [7, 11) is 0. The largest absolute Gasteiger partial charge is 0.352 e. The van der Waals surface area contributed by atoms with Crippen molar-refractivity contribution in [3.63, 3.8) is 0 Å². The van der Waals surface area contributed by atoms with E-state index in [4.69, 9.17) is 0 Å². The minimum atomic E-state index is -0.107. The van der Waals surface area contributed by atoms with Gasteiger partial charge in [-0.05, 0) is 42.7 Å². The lowest BCUT2D eigenvalue weighted by molar-refractivity contribution is 0.469. The van der Waals surface area contributed by atoms with Crippen molar-refractivity contribution in [2.75, 3.05) is 5.32 Å². The Morgan fingerprint density at radius 1 is 0.645 bits per heavy atom. The summed E-state index contributed by atoms with van der Waals surface area (Å²) in [5.74, 6) is 0. The number of hydrogen-bond acceptors (Lipinski definition) is 2. The summed E-state index contributed by atoms with van der Waals surface area (Å²) in [6.45, 7) is 5.09. The van der Waals surface area contributed by atoms with Crippen LogP contribution in [-0.2, 0) is 6.54 Å². The molecule has 0 aliphatic carbocycles. The lowest BCUT2D eigenvalue weighted by atomic mass is 10.1. The molecule has 4 aromatic carbocycles. The van der Waals surface area contributed by atoms with Gasteiger partial charge in [0.15, 0.2) is 6.29 Å². The number of benzene rings is 4. The van der Waals surface area contributed by atoms with E-state index in [-0.39, 0.29) is 6.29 Å². The molecule has 2 N–H and O–H groups in total. The van der Waals surface area contributed by atoms with E-state index in [1.165, 1.54) is 44.2 Å². The number of nitrogens with one attached hydrogen (secondary N) is 2. The van der Waals surface area contributed by atoms with Crippen LogP contribution in [0.2, 0.25) is 0 Å². The number of anilines is 1. The predicted octanol–water partition coefficient (Wildman–Crippen LogP) is 6.77. The predicted molar refractivity (Wildman–Crippen MR) is 131 cm³/mol. The number of rotatable bonds is 6. The Morgan fingerprint density at radius 2 is 1.19 bits per heavy atom. The molecule has 0 saturated carbocycles. The van der Waals surface area contributed by atoms with Gasteiger partial charge in [0, 0.05) is 23.0 Å². The molecule has 0 fully saturated rings. The molecule has 1 atom stereocenters. The second kappa shape index (κ2) is 8.29. The zero-order valence-electron chi connectivity index (χ0n) is 18.0. The third kappa shape index (κ3) is 3.69. The van der Waals surface area contributed by atoms with Crippen LogP contribution in [0.5, 0.6) is 0 Å². The summed E-state index contributed by atoms with van der Waals surface area (Å²) in [6.07, 6.45) is -0.107. The highest BCUT2D eigenvalue weighted by Crippen LogP contribution is 2.32. The first-order chi connectivity index (χ1) is 15.2. The molecular weight excluding hydrogens is 378 g/mol. The molecule has 1 aromatic heterocycles. The van der Waals surface area contributed by atoms with Gasteiger partial charge in [-0.3, -0.25) is 5.32 Å². The first-order valence-electron chi connectivity index (χ1n) is 10.8. The molecule has 0 spiro atoms. The monoisotopic (exact) mass is 405 g/mol. The maximum absolute atomic E-state index is 3.82. The van der Waals surface area contributed by atoms with Crippen LogP contribution in [0, 0.1) is 13.8 Å². The van der Waals surface area contributed by atoms with E-state index in [9.17, 15) is 0 Å². The number of aryl methyl sites for hydroxylation is 2. The fourth-order valence-electron chi connectivity index (χ4n) is 4.43. The van der Waals surface area contributed by atoms with Crippen LogP contribution < -0.4 is 10.6 Å². The van der Waals surface area contributed by atoms with E-state index < -0.39 is 0 Å². The van der Waals surface area contributed by atoms with E-state index in [1.807, 2.05) is 0 Å². The van der Waals surface area contributed by atoms with E-state index in [0.29, 0.717) is 0 Å². The molecule has 3 heteroatoms. The van der Waals surface area contributed by atoms with Crippen LogP contribution in [0.15, 0.2) is 97.1 Å². The quantitative estimate of drug-likeness (QED) is 0.305. The van der Waals surface area contributed by atoms with Gasteiger partial charge in [-0.2, -0.15) is 0 Å². The highest BCUT2D eigenvalue weighted by atomic mass is 15.3. The maximum atomic E-state index is 3.82. The minimum absolute atomic E-state index is 0.107. The van der Waals surface area contributed by atoms with E-state index >= 15 is 0 Å². The SMILES string of the molecule is Cc1cccc(C)c1NC(NCc1ccccc1)n1c2ccccc2c2ccccc21. The molecule has 1 heterocycles. The number of hydrogen-bond donors (Lipinski definition) is 2. The highest BCUT2D eigenvalue weighted by Gasteiger charge is 2.19. The summed E-state index contributed by atoms with van der Waals surface area (Å²) in [5, 5.41) is 10.1. The summed E-state index contributed by atoms with van der Waals surface area (Å²) >= 11 is 0. The Kier molecular flexibility index (Phi) is 5.19. The second-order valence-corrected chi connectivity index (χ2v) is 8.08. The molecule has 0 amide bonds. The van der Waals surface area contributed by atoms with Gasteiger partial charge in [0.2, 0.25) is 0 Å². The number of aromatic nitrogens is 1. The summed E-state index contributed by atoms with van der Waals surface area (Å²) in [5.41, 5.74) is 7.35. The van der Waals surface area contributed by atoms with E-state index in [0.717, 1.165) is 6.54 Å². The van der Waals surface area contributed by atoms with Crippen molar-refractivity contribution in [2.24, 2.45) is 0 Å². The maximum Gasteiger partial charge on any atom is 0.160 e. The van der Waals surface area contributed by atoms with Crippen LogP contribution in [-0.4, -0.2) is 4.57 Å². The van der Waals surface area contributed by atoms with Crippen molar-refractivity contribution in [2.45, 2.75) is 26.7 Å². The van der Waals surface area contributed by atoms with Crippen LogP contribution in [0.4, 0.5) is 5.69 Å². The normalized spacial score (nSPS) is 12.3. The molecule has 0 aliphatic rings. The molecule has 0 radical (unpaired) electrons. The fourth-order valence-corrected chi connectivity index (χ4v) is 4.43. The van der Waals surface area contributed by atoms with Crippen molar-refractivity contribution in [3.05, 3.63) is 114 Å². The average Bonchev–Trinajstić information content (AvgIpc) is 3.14. The van der Waals surface area contributed by atoms with Crippen molar-refractivity contribution in [3.8, 4) is 0 Å². The summed E-state index contributed by atoms with van der Waals surface area (Å²) < 4.78 is 2.39. The molecule has 0 aliphatic heterocycles. The van der Waals surface area contributed by atoms with Gasteiger partial charge in [0.25, 0.3) is 0 Å². The number of para-hydroxylation sites is 3. The smallest absolute Gasteiger partial charge is 0.160 e.